The number of aliphatic hydroxyl groups excluding tert-OH is 4. The predicted octanol–water partition coefficient (Wildman–Crippen LogP) is -1.16. The highest BCUT2D eigenvalue weighted by Crippen LogP contribution is 2.38. The van der Waals surface area contributed by atoms with Gasteiger partial charge in [-0.25, -0.2) is 0 Å². The minimum Gasteiger partial charge on any atom is -0.394 e. The van der Waals surface area contributed by atoms with Gasteiger partial charge in [0.2, 0.25) is 5.91 Å². The SMILES string of the molecule is O=C1[C@H]2S[C@H]([C@H](O)CO)[C@@H](O)[C@H](O)[C@H]2NC(=S)N1c1ccccc1. The van der Waals surface area contributed by atoms with E-state index in [4.69, 9.17) is 17.3 Å². The first-order valence-corrected chi connectivity index (χ1v) is 8.81. The standard InChI is InChI=1S/C15H18N2O5S2/c18-6-8(19)12-11(21)10(20)9-13(24-12)14(22)17(15(23)16-9)7-4-2-1-3-5-7/h1-5,8-13,18-21H,6H2,(H,16,23)/t8-,9-,10-,11+,12-,13+/m1/s1. The number of nitrogens with zero attached hydrogens (tertiary/aromatic N) is 1. The maximum atomic E-state index is 12.9. The van der Waals surface area contributed by atoms with E-state index in [1.54, 1.807) is 24.3 Å². The van der Waals surface area contributed by atoms with Crippen LogP contribution in [-0.4, -0.2) is 72.9 Å². The van der Waals surface area contributed by atoms with Crippen molar-refractivity contribution in [3.05, 3.63) is 30.3 Å². The molecule has 9 heteroatoms. The van der Waals surface area contributed by atoms with Gasteiger partial charge in [0.1, 0.15) is 11.4 Å². The Morgan fingerprint density at radius 3 is 2.54 bits per heavy atom. The van der Waals surface area contributed by atoms with Gasteiger partial charge in [-0.3, -0.25) is 9.69 Å². The number of fused-ring (bicyclic) bond motifs is 1. The second-order valence-corrected chi connectivity index (χ2v) is 7.45. The number of thioether (sulfide) groups is 1. The fourth-order valence-electron chi connectivity index (χ4n) is 2.97. The molecule has 6 atom stereocenters. The average Bonchev–Trinajstić information content (AvgIpc) is 2.59. The van der Waals surface area contributed by atoms with Crippen molar-refractivity contribution >= 4 is 40.7 Å². The van der Waals surface area contributed by atoms with E-state index in [9.17, 15) is 20.1 Å². The molecule has 24 heavy (non-hydrogen) atoms. The van der Waals surface area contributed by atoms with Crippen LogP contribution >= 0.6 is 24.0 Å². The van der Waals surface area contributed by atoms with E-state index in [-0.39, 0.29) is 11.0 Å². The molecule has 0 bridgehead atoms. The molecule has 3 rings (SSSR count). The third-order valence-corrected chi connectivity index (χ3v) is 6.22. The van der Waals surface area contributed by atoms with Gasteiger partial charge in [-0.1, -0.05) is 18.2 Å². The van der Waals surface area contributed by atoms with Crippen molar-refractivity contribution < 1.29 is 25.2 Å². The number of hydrogen-bond donors (Lipinski definition) is 5. The van der Waals surface area contributed by atoms with E-state index in [0.29, 0.717) is 5.69 Å². The Kier molecular flexibility index (Phi) is 5.09. The van der Waals surface area contributed by atoms with Gasteiger partial charge < -0.3 is 25.7 Å². The molecule has 5 N–H and O–H groups in total. The van der Waals surface area contributed by atoms with E-state index in [0.717, 1.165) is 11.8 Å². The monoisotopic (exact) mass is 370 g/mol. The lowest BCUT2D eigenvalue weighted by molar-refractivity contribution is -0.120. The normalized spacial score (nSPS) is 34.5. The van der Waals surface area contributed by atoms with Gasteiger partial charge in [0, 0.05) is 0 Å². The van der Waals surface area contributed by atoms with E-state index in [2.05, 4.69) is 5.32 Å². The molecule has 130 valence electrons. The molecule has 0 saturated carbocycles. The van der Waals surface area contributed by atoms with Crippen molar-refractivity contribution in [1.82, 2.24) is 5.32 Å². The minimum absolute atomic E-state index is 0.153. The molecule has 0 aliphatic carbocycles. The molecule has 1 amide bonds. The molecule has 2 fully saturated rings. The van der Waals surface area contributed by atoms with Gasteiger partial charge in [-0.15, -0.1) is 11.8 Å². The zero-order valence-electron chi connectivity index (χ0n) is 12.5. The van der Waals surface area contributed by atoms with Crippen LogP contribution in [0.25, 0.3) is 0 Å². The van der Waals surface area contributed by atoms with E-state index in [1.807, 2.05) is 6.07 Å². The summed E-state index contributed by atoms with van der Waals surface area (Å²) in [6.07, 6.45) is -3.82. The lowest BCUT2D eigenvalue weighted by atomic mass is 9.94. The average molecular weight is 370 g/mol. The summed E-state index contributed by atoms with van der Waals surface area (Å²) in [6.45, 7) is -0.568. The van der Waals surface area contributed by atoms with Crippen LogP contribution in [0.15, 0.2) is 30.3 Å². The Labute approximate surface area is 148 Å². The highest BCUT2D eigenvalue weighted by atomic mass is 32.2. The number of benzene rings is 1. The number of thiocarbonyl (C=S) groups is 1. The van der Waals surface area contributed by atoms with E-state index >= 15 is 0 Å². The zero-order chi connectivity index (χ0) is 17.4. The summed E-state index contributed by atoms with van der Waals surface area (Å²) in [5, 5.41) is 41.0. The van der Waals surface area contributed by atoms with Crippen LogP contribution in [0.3, 0.4) is 0 Å². The second-order valence-electron chi connectivity index (χ2n) is 5.74. The third kappa shape index (κ3) is 2.92. The Hall–Kier alpha value is -1.23. The Morgan fingerprint density at radius 2 is 1.92 bits per heavy atom. The highest BCUT2D eigenvalue weighted by molar-refractivity contribution is 8.01. The topological polar surface area (TPSA) is 113 Å². The number of nitrogens with one attached hydrogen (secondary N) is 1. The van der Waals surface area contributed by atoms with Crippen molar-refractivity contribution in [3.63, 3.8) is 0 Å². The lowest BCUT2D eigenvalue weighted by Gasteiger charge is -2.48. The molecular weight excluding hydrogens is 352 g/mol. The molecule has 2 saturated heterocycles. The molecule has 0 unspecified atom stereocenters. The summed E-state index contributed by atoms with van der Waals surface area (Å²) in [5.41, 5.74) is 0.596. The van der Waals surface area contributed by atoms with E-state index in [1.165, 1.54) is 4.90 Å². The van der Waals surface area contributed by atoms with Gasteiger partial charge in [0.05, 0.1) is 35.8 Å². The number of carbonyl (C=O) groups excluding carboxylic acids is 1. The van der Waals surface area contributed by atoms with Gasteiger partial charge >= 0.3 is 0 Å². The van der Waals surface area contributed by atoms with Crippen LogP contribution in [-0.2, 0) is 4.79 Å². The van der Waals surface area contributed by atoms with Crippen molar-refractivity contribution in [2.24, 2.45) is 0 Å². The molecule has 0 aromatic heterocycles. The fourth-order valence-corrected chi connectivity index (χ4v) is 4.85. The molecular formula is C15H18N2O5S2. The van der Waals surface area contributed by atoms with Crippen molar-refractivity contribution in [2.45, 2.75) is 34.9 Å². The van der Waals surface area contributed by atoms with Crippen LogP contribution in [0, 0.1) is 0 Å². The Morgan fingerprint density at radius 1 is 1.25 bits per heavy atom. The minimum atomic E-state index is -1.29. The summed E-state index contributed by atoms with van der Waals surface area (Å²) in [7, 11) is 0. The maximum Gasteiger partial charge on any atom is 0.248 e. The molecule has 2 aliphatic heterocycles. The fraction of sp³-hybridized carbons (Fsp3) is 0.467. The zero-order valence-corrected chi connectivity index (χ0v) is 14.2. The summed E-state index contributed by atoms with van der Waals surface area (Å²) in [5.74, 6) is -0.332. The van der Waals surface area contributed by atoms with Crippen molar-refractivity contribution in [3.8, 4) is 0 Å². The molecule has 0 spiro atoms. The highest BCUT2D eigenvalue weighted by Gasteiger charge is 2.53. The van der Waals surface area contributed by atoms with Gasteiger partial charge in [-0.05, 0) is 24.4 Å². The van der Waals surface area contributed by atoms with Gasteiger partial charge in [0.25, 0.3) is 0 Å². The first-order chi connectivity index (χ1) is 11.5. The van der Waals surface area contributed by atoms with Crippen molar-refractivity contribution in [1.29, 1.82) is 0 Å². The summed E-state index contributed by atoms with van der Waals surface area (Å²) < 4.78 is 0. The largest absolute Gasteiger partial charge is 0.394 e. The molecule has 1 aromatic carbocycles. The maximum absolute atomic E-state index is 12.9. The third-order valence-electron chi connectivity index (χ3n) is 4.22. The van der Waals surface area contributed by atoms with Crippen LogP contribution in [0.1, 0.15) is 0 Å². The van der Waals surface area contributed by atoms with Crippen LogP contribution < -0.4 is 10.2 Å². The quantitative estimate of drug-likeness (QED) is 0.423. The predicted molar refractivity (Wildman–Crippen MR) is 93.7 cm³/mol. The van der Waals surface area contributed by atoms with Gasteiger partial charge in [0.15, 0.2) is 5.11 Å². The van der Waals surface area contributed by atoms with Crippen LogP contribution in [0.4, 0.5) is 5.69 Å². The molecule has 2 aliphatic rings. The molecule has 0 radical (unpaired) electrons. The smallest absolute Gasteiger partial charge is 0.248 e. The summed E-state index contributed by atoms with van der Waals surface area (Å²) >= 11 is 6.29. The number of anilines is 1. The lowest BCUT2D eigenvalue weighted by Crippen LogP contribution is -2.71. The number of hydrogen-bond acceptors (Lipinski definition) is 7. The number of aliphatic hydroxyl groups is 4. The first-order valence-electron chi connectivity index (χ1n) is 7.45. The molecule has 1 aromatic rings. The summed E-state index contributed by atoms with van der Waals surface area (Å²) in [4.78, 5) is 14.3. The van der Waals surface area contributed by atoms with Crippen LogP contribution in [0.5, 0.6) is 0 Å². The molecule has 7 nitrogen and oxygen atoms in total. The van der Waals surface area contributed by atoms with Crippen molar-refractivity contribution in [2.75, 3.05) is 11.5 Å². The van der Waals surface area contributed by atoms with Gasteiger partial charge in [-0.2, -0.15) is 0 Å². The number of rotatable bonds is 3. The number of carbonyl (C=O) groups is 1. The van der Waals surface area contributed by atoms with E-state index < -0.39 is 41.5 Å². The van der Waals surface area contributed by atoms with Crippen LogP contribution in [0.2, 0.25) is 0 Å². The number of para-hydroxylation sites is 1. The Bertz CT molecular complexity index is 632. The molecule has 2 heterocycles. The number of amides is 1. The summed E-state index contributed by atoms with van der Waals surface area (Å²) in [6, 6.07) is 8.10. The second kappa shape index (κ2) is 6.95. The first kappa shape index (κ1) is 17.6. The Balaban J connectivity index is 1.91.